The zero-order chi connectivity index (χ0) is 15.2. The van der Waals surface area contributed by atoms with Crippen LogP contribution in [0.2, 0.25) is 0 Å². The largest absolute Gasteiger partial charge is 0.475 e. The van der Waals surface area contributed by atoms with Crippen LogP contribution in [-0.2, 0) is 13.1 Å². The van der Waals surface area contributed by atoms with Gasteiger partial charge in [-0.15, -0.1) is 0 Å². The predicted molar refractivity (Wildman–Crippen MR) is 73.7 cm³/mol. The van der Waals surface area contributed by atoms with Crippen molar-refractivity contribution in [2.75, 3.05) is 0 Å². The van der Waals surface area contributed by atoms with Crippen molar-refractivity contribution < 1.29 is 19.1 Å². The summed E-state index contributed by atoms with van der Waals surface area (Å²) in [5.74, 6) is -0.927. The fourth-order valence-corrected chi connectivity index (χ4v) is 1.69. The molecule has 2 heterocycles. The highest BCUT2D eigenvalue weighted by molar-refractivity contribution is 5.84. The van der Waals surface area contributed by atoms with Crippen molar-refractivity contribution in [1.29, 1.82) is 0 Å². The molecule has 0 saturated heterocycles. The second kappa shape index (κ2) is 6.56. The molecule has 2 rings (SSSR count). The number of furan rings is 1. The number of hydrogen-bond acceptors (Lipinski definition) is 4. The second-order valence-corrected chi connectivity index (χ2v) is 4.37. The Labute approximate surface area is 121 Å². The Balaban J connectivity index is 1.79. The Morgan fingerprint density at radius 2 is 2.00 bits per heavy atom. The Morgan fingerprint density at radius 3 is 2.67 bits per heavy atom. The van der Waals surface area contributed by atoms with Gasteiger partial charge in [0.05, 0.1) is 18.8 Å². The first-order valence-electron chi connectivity index (χ1n) is 6.30. The minimum Gasteiger partial charge on any atom is -0.475 e. The number of aromatic carboxylic acids is 1. The molecule has 2 amide bonds. The van der Waals surface area contributed by atoms with Gasteiger partial charge in [-0.3, -0.25) is 4.98 Å². The summed E-state index contributed by atoms with van der Waals surface area (Å²) in [7, 11) is 0. The Morgan fingerprint density at radius 1 is 1.24 bits per heavy atom. The molecule has 0 radical (unpaired) electrons. The Bertz CT molecular complexity index is 651. The van der Waals surface area contributed by atoms with Crippen LogP contribution in [0, 0.1) is 6.92 Å². The molecule has 110 valence electrons. The molecule has 7 nitrogen and oxygen atoms in total. The zero-order valence-electron chi connectivity index (χ0n) is 11.4. The molecule has 7 heteroatoms. The molecular weight excluding hydrogens is 274 g/mol. The summed E-state index contributed by atoms with van der Waals surface area (Å²) in [5.41, 5.74) is 1.79. The monoisotopic (exact) mass is 289 g/mol. The number of aryl methyl sites for hydroxylation is 1. The van der Waals surface area contributed by atoms with E-state index in [2.05, 4.69) is 15.6 Å². The van der Waals surface area contributed by atoms with E-state index >= 15 is 0 Å². The molecule has 0 bridgehead atoms. The number of urea groups is 1. The lowest BCUT2D eigenvalue weighted by Crippen LogP contribution is -2.34. The minimum atomic E-state index is -1.14. The molecule has 21 heavy (non-hydrogen) atoms. The normalized spacial score (nSPS) is 10.1. The first-order chi connectivity index (χ1) is 10.1. The summed E-state index contributed by atoms with van der Waals surface area (Å²) < 4.78 is 5.02. The molecular formula is C14H15N3O4. The Kier molecular flexibility index (Phi) is 4.55. The highest BCUT2D eigenvalue weighted by Crippen LogP contribution is 2.07. The van der Waals surface area contributed by atoms with Gasteiger partial charge in [-0.2, -0.15) is 0 Å². The van der Waals surface area contributed by atoms with Gasteiger partial charge >= 0.3 is 12.0 Å². The predicted octanol–water partition coefficient (Wildman–Crippen LogP) is 1.68. The molecule has 0 fully saturated rings. The number of amides is 2. The van der Waals surface area contributed by atoms with Crippen LogP contribution in [0.15, 0.2) is 34.9 Å². The van der Waals surface area contributed by atoms with Crippen molar-refractivity contribution in [1.82, 2.24) is 15.6 Å². The standard InChI is InChI=1S/C14H15N3O4/c1-9-3-2-6-15-11(9)8-17-14(20)16-7-10-4-5-12(21-10)13(18)19/h2-6H,7-8H2,1H3,(H,18,19)(H2,16,17,20). The summed E-state index contributed by atoms with van der Waals surface area (Å²) in [6.45, 7) is 2.34. The maximum atomic E-state index is 11.6. The average Bonchev–Trinajstić information content (AvgIpc) is 2.93. The van der Waals surface area contributed by atoms with Crippen molar-refractivity contribution >= 4 is 12.0 Å². The molecule has 2 aromatic heterocycles. The molecule has 0 aromatic carbocycles. The number of rotatable bonds is 5. The van der Waals surface area contributed by atoms with Gasteiger partial charge in [-0.05, 0) is 30.7 Å². The fraction of sp³-hybridized carbons (Fsp3) is 0.214. The zero-order valence-corrected chi connectivity index (χ0v) is 11.4. The SMILES string of the molecule is Cc1cccnc1CNC(=O)NCc1ccc(C(=O)O)o1. The Hall–Kier alpha value is -2.83. The molecule has 0 aliphatic carbocycles. The van der Waals surface area contributed by atoms with Gasteiger partial charge in [0.1, 0.15) is 5.76 Å². The smallest absolute Gasteiger partial charge is 0.371 e. The number of carbonyl (C=O) groups excluding carboxylic acids is 1. The third-order valence-electron chi connectivity index (χ3n) is 2.83. The van der Waals surface area contributed by atoms with E-state index in [-0.39, 0.29) is 18.3 Å². The van der Waals surface area contributed by atoms with Crippen LogP contribution >= 0.6 is 0 Å². The summed E-state index contributed by atoms with van der Waals surface area (Å²) in [6, 6.07) is 6.21. The lowest BCUT2D eigenvalue weighted by atomic mass is 10.2. The summed E-state index contributed by atoms with van der Waals surface area (Å²) >= 11 is 0. The van der Waals surface area contributed by atoms with Gasteiger partial charge in [0.15, 0.2) is 0 Å². The minimum absolute atomic E-state index is 0.111. The molecule has 0 saturated carbocycles. The van der Waals surface area contributed by atoms with Gasteiger partial charge in [0.25, 0.3) is 0 Å². The molecule has 0 aliphatic heterocycles. The maximum Gasteiger partial charge on any atom is 0.371 e. The van der Waals surface area contributed by atoms with Gasteiger partial charge in [-0.1, -0.05) is 6.07 Å². The van der Waals surface area contributed by atoms with E-state index in [1.807, 2.05) is 19.1 Å². The maximum absolute atomic E-state index is 11.6. The van der Waals surface area contributed by atoms with Crippen molar-refractivity contribution in [2.24, 2.45) is 0 Å². The molecule has 3 N–H and O–H groups in total. The first kappa shape index (κ1) is 14.6. The van der Waals surface area contributed by atoms with Crippen molar-refractivity contribution in [3.63, 3.8) is 0 Å². The van der Waals surface area contributed by atoms with E-state index < -0.39 is 5.97 Å². The molecule has 0 aliphatic rings. The number of pyridine rings is 1. The average molecular weight is 289 g/mol. The summed E-state index contributed by atoms with van der Waals surface area (Å²) in [4.78, 5) is 26.4. The van der Waals surface area contributed by atoms with Gasteiger partial charge in [0, 0.05) is 6.20 Å². The van der Waals surface area contributed by atoms with Gasteiger partial charge in [-0.25, -0.2) is 9.59 Å². The van der Waals surface area contributed by atoms with Crippen LogP contribution in [0.5, 0.6) is 0 Å². The quantitative estimate of drug-likeness (QED) is 0.776. The van der Waals surface area contributed by atoms with Gasteiger partial charge in [0.2, 0.25) is 5.76 Å². The molecule has 2 aromatic rings. The van der Waals surface area contributed by atoms with Crippen LogP contribution in [0.4, 0.5) is 4.79 Å². The van der Waals surface area contributed by atoms with Crippen LogP contribution in [0.1, 0.15) is 27.6 Å². The van der Waals surface area contributed by atoms with E-state index in [4.69, 9.17) is 9.52 Å². The van der Waals surface area contributed by atoms with Crippen LogP contribution in [0.3, 0.4) is 0 Å². The summed E-state index contributed by atoms with van der Waals surface area (Å²) in [6.07, 6.45) is 1.66. The molecule has 0 atom stereocenters. The van der Waals surface area contributed by atoms with E-state index in [1.54, 1.807) is 6.20 Å². The number of nitrogens with zero attached hydrogens (tertiary/aromatic N) is 1. The van der Waals surface area contributed by atoms with E-state index in [9.17, 15) is 9.59 Å². The van der Waals surface area contributed by atoms with Crippen LogP contribution < -0.4 is 10.6 Å². The fourth-order valence-electron chi connectivity index (χ4n) is 1.69. The first-order valence-corrected chi connectivity index (χ1v) is 6.30. The lowest BCUT2D eigenvalue weighted by molar-refractivity contribution is 0.0660. The lowest BCUT2D eigenvalue weighted by Gasteiger charge is -2.07. The van der Waals surface area contributed by atoms with Crippen molar-refractivity contribution in [3.8, 4) is 0 Å². The molecule has 0 unspecified atom stereocenters. The van der Waals surface area contributed by atoms with Gasteiger partial charge < -0.3 is 20.2 Å². The van der Waals surface area contributed by atoms with E-state index in [1.165, 1.54) is 12.1 Å². The topological polar surface area (TPSA) is 104 Å². The van der Waals surface area contributed by atoms with Crippen LogP contribution in [-0.4, -0.2) is 22.1 Å². The number of carboxylic acid groups (broad SMARTS) is 1. The number of nitrogens with one attached hydrogen (secondary N) is 2. The second-order valence-electron chi connectivity index (χ2n) is 4.37. The summed E-state index contributed by atoms with van der Waals surface area (Å²) in [5, 5.41) is 14.0. The highest BCUT2D eigenvalue weighted by atomic mass is 16.4. The van der Waals surface area contributed by atoms with E-state index in [0.717, 1.165) is 11.3 Å². The van der Waals surface area contributed by atoms with Crippen molar-refractivity contribution in [3.05, 3.63) is 53.2 Å². The number of carboxylic acids is 1. The highest BCUT2D eigenvalue weighted by Gasteiger charge is 2.09. The van der Waals surface area contributed by atoms with Crippen molar-refractivity contribution in [2.45, 2.75) is 20.0 Å². The molecule has 0 spiro atoms. The third-order valence-corrected chi connectivity index (χ3v) is 2.83. The van der Waals surface area contributed by atoms with E-state index in [0.29, 0.717) is 12.3 Å². The third kappa shape index (κ3) is 4.07. The number of aromatic nitrogens is 1. The number of hydrogen-bond donors (Lipinski definition) is 3. The number of carbonyl (C=O) groups is 2. The van der Waals surface area contributed by atoms with Crippen LogP contribution in [0.25, 0.3) is 0 Å².